The first kappa shape index (κ1) is 29.8. The summed E-state index contributed by atoms with van der Waals surface area (Å²) in [5.74, 6) is 0.266. The highest BCUT2D eigenvalue weighted by molar-refractivity contribution is 8.00. The van der Waals surface area contributed by atoms with Crippen molar-refractivity contribution in [3.63, 3.8) is 0 Å². The fourth-order valence-electron chi connectivity index (χ4n) is 9.53. The van der Waals surface area contributed by atoms with Crippen LogP contribution in [-0.4, -0.2) is 9.82 Å². The molecule has 4 heteroatoms. The summed E-state index contributed by atoms with van der Waals surface area (Å²) in [5, 5.41) is 5.35. The molecule has 4 heterocycles. The summed E-state index contributed by atoms with van der Waals surface area (Å²) in [7, 11) is 0. The van der Waals surface area contributed by atoms with Crippen molar-refractivity contribution in [2.75, 3.05) is 0 Å². The van der Waals surface area contributed by atoms with Crippen molar-refractivity contribution in [1.82, 2.24) is 9.88 Å². The van der Waals surface area contributed by atoms with Crippen molar-refractivity contribution >= 4 is 40.5 Å². The highest BCUT2D eigenvalue weighted by Gasteiger charge is 2.51. The number of benzene rings is 5. The van der Waals surface area contributed by atoms with Crippen LogP contribution in [-0.2, 0) is 5.41 Å². The number of hydrogen-bond donors (Lipinski definition) is 1. The fourth-order valence-corrected chi connectivity index (χ4v) is 12.2. The maximum atomic E-state index is 3.60. The maximum Gasteiger partial charge on any atom is 0.0708 e. The van der Waals surface area contributed by atoms with Gasteiger partial charge in [-0.1, -0.05) is 121 Å². The topological polar surface area (TPSA) is 17.0 Å². The first-order valence-electron chi connectivity index (χ1n) is 18.2. The number of thioether (sulfide) groups is 1. The number of hydrogen-bond acceptors (Lipinski definition) is 3. The summed E-state index contributed by atoms with van der Waals surface area (Å²) >= 11 is 4.03. The van der Waals surface area contributed by atoms with E-state index in [0.29, 0.717) is 11.3 Å². The fraction of sp³-hybridized carbons (Fsp3) is 0.149. The van der Waals surface area contributed by atoms with Gasteiger partial charge in [-0.2, -0.15) is 0 Å². The van der Waals surface area contributed by atoms with Gasteiger partial charge in [0, 0.05) is 36.9 Å². The molecule has 1 spiro atoms. The molecule has 3 aliphatic heterocycles. The summed E-state index contributed by atoms with van der Waals surface area (Å²) in [6, 6.07) is 44.3. The summed E-state index contributed by atoms with van der Waals surface area (Å²) < 4.78 is 2.46. The van der Waals surface area contributed by atoms with E-state index in [1.54, 1.807) is 0 Å². The Morgan fingerprint density at radius 3 is 2.29 bits per heavy atom. The van der Waals surface area contributed by atoms with Gasteiger partial charge in [0.05, 0.1) is 22.7 Å². The number of rotatable bonds is 3. The summed E-state index contributed by atoms with van der Waals surface area (Å²) in [6.45, 7) is 0. The number of nitrogens with zero attached hydrogens (tertiary/aromatic N) is 1. The van der Waals surface area contributed by atoms with Crippen molar-refractivity contribution in [3.05, 3.63) is 196 Å². The third-order valence-corrected chi connectivity index (χ3v) is 14.2. The van der Waals surface area contributed by atoms with Gasteiger partial charge in [-0.05, 0) is 107 Å². The molecule has 0 radical (unpaired) electrons. The van der Waals surface area contributed by atoms with Gasteiger partial charge >= 0.3 is 0 Å². The SMILES string of the molecule is C1=CCC2Sc3ccccc3C3(C2=C1)c1ccc(C2CC=CN2)cc1Sc1cc(C2CC=Cc4c2c2ccccc2n4-c2ccccc2)ccc13. The quantitative estimate of drug-likeness (QED) is 0.199. The van der Waals surface area contributed by atoms with E-state index in [0.717, 1.165) is 19.3 Å². The molecule has 0 amide bonds. The second-order valence-corrected chi connectivity index (χ2v) is 16.6. The lowest BCUT2D eigenvalue weighted by Crippen LogP contribution is -2.42. The molecule has 4 unspecified atom stereocenters. The van der Waals surface area contributed by atoms with Gasteiger partial charge in [-0.25, -0.2) is 0 Å². The van der Waals surface area contributed by atoms with Crippen molar-refractivity contribution in [1.29, 1.82) is 0 Å². The van der Waals surface area contributed by atoms with E-state index in [4.69, 9.17) is 0 Å². The lowest BCUT2D eigenvalue weighted by Gasteiger charge is -2.49. The molecular weight excluding hydrogens is 657 g/mol. The number of nitrogens with one attached hydrogen (secondary N) is 1. The molecule has 5 aliphatic rings. The molecule has 51 heavy (non-hydrogen) atoms. The number of fused-ring (bicyclic) bond motifs is 11. The van der Waals surface area contributed by atoms with Crippen molar-refractivity contribution in [2.24, 2.45) is 0 Å². The van der Waals surface area contributed by atoms with Crippen molar-refractivity contribution in [2.45, 2.75) is 56.6 Å². The summed E-state index contributed by atoms with van der Waals surface area (Å²) in [5.41, 5.74) is 13.4. The Bertz CT molecular complexity index is 2510. The van der Waals surface area contributed by atoms with Crippen molar-refractivity contribution in [3.8, 4) is 5.69 Å². The molecule has 11 rings (SSSR count). The largest absolute Gasteiger partial charge is 0.384 e. The van der Waals surface area contributed by atoms with Crippen LogP contribution in [0.25, 0.3) is 22.7 Å². The minimum Gasteiger partial charge on any atom is -0.384 e. The van der Waals surface area contributed by atoms with E-state index < -0.39 is 0 Å². The number of allylic oxidation sites excluding steroid dienone is 4. The lowest BCUT2D eigenvalue weighted by molar-refractivity contribution is 0.622. The molecule has 6 aromatic rings. The van der Waals surface area contributed by atoms with Gasteiger partial charge in [-0.3, -0.25) is 0 Å². The second kappa shape index (κ2) is 11.6. The highest BCUT2D eigenvalue weighted by atomic mass is 32.2. The average molecular weight is 693 g/mol. The van der Waals surface area contributed by atoms with Crippen LogP contribution in [0.1, 0.15) is 70.3 Å². The van der Waals surface area contributed by atoms with E-state index >= 15 is 0 Å². The molecule has 4 atom stereocenters. The first-order valence-corrected chi connectivity index (χ1v) is 19.8. The van der Waals surface area contributed by atoms with E-state index in [2.05, 4.69) is 168 Å². The molecule has 1 aromatic heterocycles. The zero-order valence-corrected chi connectivity index (χ0v) is 29.8. The van der Waals surface area contributed by atoms with E-state index in [1.807, 2.05) is 23.5 Å². The van der Waals surface area contributed by atoms with Gasteiger partial charge in [0.1, 0.15) is 0 Å². The van der Waals surface area contributed by atoms with E-state index in [1.165, 1.54) is 75.9 Å². The molecule has 0 fully saturated rings. The predicted molar refractivity (Wildman–Crippen MR) is 213 cm³/mol. The van der Waals surface area contributed by atoms with Crippen LogP contribution in [0, 0.1) is 0 Å². The van der Waals surface area contributed by atoms with Crippen LogP contribution in [0.2, 0.25) is 0 Å². The third kappa shape index (κ3) is 4.33. The van der Waals surface area contributed by atoms with Gasteiger partial charge in [-0.15, -0.1) is 11.8 Å². The average Bonchev–Trinajstić information content (AvgIpc) is 3.85. The minimum absolute atomic E-state index is 0.266. The Kier molecular flexibility index (Phi) is 6.75. The standard InChI is InChI=1S/C47H36N2S2/c1-2-12-32(13-3-1)49-40-19-7-4-14-34(40)46-33(15-10-20-41(46)49)30-23-25-37-44(28-30)51-45-29-31(39-18-11-27-48-39)24-26-38(45)47(37)35-16-5-8-21-42(35)50-43-22-9-6-17-36(43)47/h1-14,16-17,19-21,23-29,33,39,43,48H,15,18,22H2. The minimum atomic E-state index is -0.341. The molecule has 0 saturated heterocycles. The highest BCUT2D eigenvalue weighted by Crippen LogP contribution is 2.63. The molecule has 0 bridgehead atoms. The van der Waals surface area contributed by atoms with Crippen LogP contribution < -0.4 is 5.32 Å². The predicted octanol–water partition coefficient (Wildman–Crippen LogP) is 11.9. The Morgan fingerprint density at radius 1 is 0.667 bits per heavy atom. The number of para-hydroxylation sites is 2. The van der Waals surface area contributed by atoms with Gasteiger partial charge in [0.2, 0.25) is 0 Å². The molecule has 1 N–H and O–H groups in total. The first-order chi connectivity index (χ1) is 25.3. The smallest absolute Gasteiger partial charge is 0.0708 e. The molecular formula is C47H36N2S2. The third-order valence-electron chi connectivity index (χ3n) is 11.7. The Hall–Kier alpha value is -4.90. The van der Waals surface area contributed by atoms with Gasteiger partial charge < -0.3 is 9.88 Å². The Labute approximate surface area is 307 Å². The van der Waals surface area contributed by atoms with Crippen LogP contribution in [0.3, 0.4) is 0 Å². The van der Waals surface area contributed by atoms with E-state index in [-0.39, 0.29) is 11.3 Å². The molecule has 246 valence electrons. The van der Waals surface area contributed by atoms with Crippen LogP contribution >= 0.6 is 23.5 Å². The van der Waals surface area contributed by atoms with Gasteiger partial charge in [0.25, 0.3) is 0 Å². The van der Waals surface area contributed by atoms with Crippen molar-refractivity contribution < 1.29 is 0 Å². The van der Waals surface area contributed by atoms with Crippen LogP contribution in [0.15, 0.2) is 172 Å². The molecule has 5 aromatic carbocycles. The normalized spacial score (nSPS) is 23.6. The molecule has 2 aliphatic carbocycles. The summed E-state index contributed by atoms with van der Waals surface area (Å²) in [4.78, 5) is 4.17. The maximum absolute atomic E-state index is 3.60. The number of aromatic nitrogens is 1. The monoisotopic (exact) mass is 692 g/mol. The molecule has 2 nitrogen and oxygen atoms in total. The second-order valence-electron chi connectivity index (χ2n) is 14.3. The van der Waals surface area contributed by atoms with E-state index in [9.17, 15) is 0 Å². The lowest BCUT2D eigenvalue weighted by atomic mass is 9.62. The van der Waals surface area contributed by atoms with Crippen LogP contribution in [0.5, 0.6) is 0 Å². The zero-order chi connectivity index (χ0) is 33.5. The molecule has 0 saturated carbocycles. The zero-order valence-electron chi connectivity index (χ0n) is 28.1. The summed E-state index contributed by atoms with van der Waals surface area (Å²) in [6.07, 6.45) is 19.3. The Morgan fingerprint density at radius 2 is 1.43 bits per heavy atom. The van der Waals surface area contributed by atoms with Crippen LogP contribution in [0.4, 0.5) is 0 Å². The Balaban J connectivity index is 1.14. The van der Waals surface area contributed by atoms with Gasteiger partial charge in [0.15, 0.2) is 0 Å².